The van der Waals surface area contributed by atoms with Crippen molar-refractivity contribution in [2.75, 3.05) is 6.54 Å². The van der Waals surface area contributed by atoms with E-state index in [4.69, 9.17) is 11.6 Å². The highest BCUT2D eigenvalue weighted by Gasteiger charge is 2.00. The molecule has 8 heavy (non-hydrogen) atoms. The Hall–Kier alpha value is -0.170. The molecule has 0 spiro atoms. The average Bonchev–Trinajstić information content (AvgIpc) is 1.90. The molecule has 0 aromatic heterocycles. The van der Waals surface area contributed by atoms with E-state index in [0.717, 1.165) is 13.0 Å². The number of hydrogen-bond donors (Lipinski definition) is 1. The van der Waals surface area contributed by atoms with Crippen molar-refractivity contribution in [1.29, 1.82) is 0 Å². The maximum absolute atomic E-state index is 5.46. The Morgan fingerprint density at radius 2 is 2.38 bits per heavy atom. The van der Waals surface area contributed by atoms with Crippen LogP contribution in [0, 0.1) is 0 Å². The van der Waals surface area contributed by atoms with Gasteiger partial charge in [-0.2, -0.15) is 0 Å². The van der Waals surface area contributed by atoms with Gasteiger partial charge < -0.3 is 5.32 Å². The topological polar surface area (TPSA) is 12.0 Å². The minimum absolute atomic E-state index is 1.10. The molecule has 0 unspecified atom stereocenters. The van der Waals surface area contributed by atoms with Crippen molar-refractivity contribution in [3.05, 3.63) is 11.2 Å². The van der Waals surface area contributed by atoms with E-state index >= 15 is 0 Å². The van der Waals surface area contributed by atoms with Gasteiger partial charge in [0.25, 0.3) is 0 Å². The summed E-state index contributed by atoms with van der Waals surface area (Å²) in [6.45, 7) is 1.10. The van der Waals surface area contributed by atoms with Gasteiger partial charge in [-0.05, 0) is 19.3 Å². The molecule has 1 fully saturated rings. The van der Waals surface area contributed by atoms with Crippen molar-refractivity contribution in [2.24, 2.45) is 0 Å². The predicted molar refractivity (Wildman–Crippen MR) is 35.8 cm³/mol. The Labute approximate surface area is 54.7 Å². The molecule has 1 nitrogen and oxygen atoms in total. The van der Waals surface area contributed by atoms with Gasteiger partial charge in [0, 0.05) is 17.8 Å². The van der Waals surface area contributed by atoms with Crippen LogP contribution in [-0.4, -0.2) is 6.54 Å². The molecule has 0 aliphatic carbocycles. The average molecular weight is 132 g/mol. The first kappa shape index (κ1) is 5.96. The smallest absolute Gasteiger partial charge is 0.0232 e. The molecular formula is C6H10ClN. The maximum Gasteiger partial charge on any atom is 0.0232 e. The standard InChI is InChI=1S/C6H10ClN/c7-5-6-3-1-2-4-8-6/h5,8H,1-4H2. The monoisotopic (exact) mass is 131 g/mol. The molecule has 1 N–H and O–H groups in total. The van der Waals surface area contributed by atoms with Crippen LogP contribution in [0.3, 0.4) is 0 Å². The van der Waals surface area contributed by atoms with Crippen LogP contribution in [0.2, 0.25) is 0 Å². The van der Waals surface area contributed by atoms with Gasteiger partial charge in [-0.3, -0.25) is 0 Å². The molecule has 1 rings (SSSR count). The lowest BCUT2D eigenvalue weighted by Gasteiger charge is -2.14. The molecule has 0 radical (unpaired) electrons. The zero-order chi connectivity index (χ0) is 5.82. The van der Waals surface area contributed by atoms with Crippen LogP contribution >= 0.6 is 11.6 Å². The number of nitrogens with one attached hydrogen (secondary N) is 1. The van der Waals surface area contributed by atoms with E-state index in [0.29, 0.717) is 0 Å². The lowest BCUT2D eigenvalue weighted by Crippen LogP contribution is -2.18. The lowest BCUT2D eigenvalue weighted by molar-refractivity contribution is 0.589. The second kappa shape index (κ2) is 2.98. The van der Waals surface area contributed by atoms with Crippen molar-refractivity contribution >= 4 is 11.6 Å². The Kier molecular flexibility index (Phi) is 2.22. The number of rotatable bonds is 0. The number of hydrogen-bond acceptors (Lipinski definition) is 1. The van der Waals surface area contributed by atoms with Gasteiger partial charge in [0.2, 0.25) is 0 Å². The molecule has 0 atom stereocenters. The van der Waals surface area contributed by atoms with Gasteiger partial charge >= 0.3 is 0 Å². The molecule has 1 aliphatic heterocycles. The quantitative estimate of drug-likeness (QED) is 0.529. The normalized spacial score (nSPS) is 25.4. The van der Waals surface area contributed by atoms with Crippen molar-refractivity contribution in [2.45, 2.75) is 19.3 Å². The van der Waals surface area contributed by atoms with Crippen LogP contribution in [-0.2, 0) is 0 Å². The van der Waals surface area contributed by atoms with Gasteiger partial charge in [0.05, 0.1) is 0 Å². The molecule has 0 aromatic rings. The predicted octanol–water partition coefficient (Wildman–Crippen LogP) is 1.84. The summed E-state index contributed by atoms with van der Waals surface area (Å²) in [4.78, 5) is 0. The summed E-state index contributed by atoms with van der Waals surface area (Å²) in [6, 6.07) is 0. The third-order valence-electron chi connectivity index (χ3n) is 1.36. The molecule has 0 saturated carbocycles. The van der Waals surface area contributed by atoms with Crippen molar-refractivity contribution in [1.82, 2.24) is 5.32 Å². The fraction of sp³-hybridized carbons (Fsp3) is 0.667. The van der Waals surface area contributed by atoms with Crippen LogP contribution in [0.25, 0.3) is 0 Å². The molecule has 2 heteroatoms. The zero-order valence-electron chi connectivity index (χ0n) is 4.78. The fourth-order valence-corrected chi connectivity index (χ4v) is 1.06. The summed E-state index contributed by atoms with van der Waals surface area (Å²) < 4.78 is 0. The van der Waals surface area contributed by atoms with Crippen LogP contribution < -0.4 is 5.32 Å². The molecule has 0 bridgehead atoms. The van der Waals surface area contributed by atoms with E-state index in [9.17, 15) is 0 Å². The number of allylic oxidation sites excluding steroid dienone is 1. The largest absolute Gasteiger partial charge is 0.388 e. The van der Waals surface area contributed by atoms with Crippen LogP contribution in [0.15, 0.2) is 11.2 Å². The van der Waals surface area contributed by atoms with E-state index in [2.05, 4.69) is 5.32 Å². The van der Waals surface area contributed by atoms with E-state index in [1.54, 1.807) is 5.54 Å². The molecule has 0 amide bonds. The summed E-state index contributed by atoms with van der Waals surface area (Å²) in [7, 11) is 0. The highest BCUT2D eigenvalue weighted by molar-refractivity contribution is 6.25. The minimum Gasteiger partial charge on any atom is -0.388 e. The molecule has 0 aromatic carbocycles. The second-order valence-electron chi connectivity index (χ2n) is 2.02. The number of piperidine rings is 1. The Balaban J connectivity index is 2.33. The Morgan fingerprint density at radius 3 is 2.75 bits per heavy atom. The first-order valence-electron chi connectivity index (χ1n) is 2.96. The van der Waals surface area contributed by atoms with Crippen molar-refractivity contribution in [3.8, 4) is 0 Å². The van der Waals surface area contributed by atoms with Gasteiger partial charge in [0.1, 0.15) is 0 Å². The van der Waals surface area contributed by atoms with E-state index in [1.807, 2.05) is 0 Å². The van der Waals surface area contributed by atoms with E-state index in [1.165, 1.54) is 18.5 Å². The number of halogens is 1. The summed E-state index contributed by atoms with van der Waals surface area (Å²) in [6.07, 6.45) is 3.70. The first-order valence-corrected chi connectivity index (χ1v) is 3.40. The highest BCUT2D eigenvalue weighted by atomic mass is 35.5. The van der Waals surface area contributed by atoms with Crippen molar-refractivity contribution in [3.63, 3.8) is 0 Å². The van der Waals surface area contributed by atoms with Crippen molar-refractivity contribution < 1.29 is 0 Å². The third-order valence-corrected chi connectivity index (χ3v) is 1.62. The van der Waals surface area contributed by atoms with Crippen LogP contribution in [0.1, 0.15) is 19.3 Å². The van der Waals surface area contributed by atoms with Crippen LogP contribution in [0.4, 0.5) is 0 Å². The SMILES string of the molecule is ClC=C1CCCCN1. The zero-order valence-corrected chi connectivity index (χ0v) is 5.54. The second-order valence-corrected chi connectivity index (χ2v) is 2.24. The minimum atomic E-state index is 1.10. The van der Waals surface area contributed by atoms with Gasteiger partial charge in [-0.25, -0.2) is 0 Å². The molecular weight excluding hydrogens is 122 g/mol. The molecule has 46 valence electrons. The van der Waals surface area contributed by atoms with Gasteiger partial charge in [0.15, 0.2) is 0 Å². The molecule has 1 saturated heterocycles. The summed E-state index contributed by atoms with van der Waals surface area (Å²) in [5.41, 5.74) is 2.83. The summed E-state index contributed by atoms with van der Waals surface area (Å²) >= 11 is 5.46. The fourth-order valence-electron chi connectivity index (χ4n) is 0.871. The first-order chi connectivity index (χ1) is 3.93. The Morgan fingerprint density at radius 1 is 1.50 bits per heavy atom. The molecule has 1 heterocycles. The Bertz CT molecular complexity index is 90.7. The highest BCUT2D eigenvalue weighted by Crippen LogP contribution is 2.09. The van der Waals surface area contributed by atoms with Gasteiger partial charge in [-0.15, -0.1) is 0 Å². The molecule has 1 aliphatic rings. The maximum atomic E-state index is 5.46. The lowest BCUT2D eigenvalue weighted by atomic mass is 10.1. The van der Waals surface area contributed by atoms with Crippen LogP contribution in [0.5, 0.6) is 0 Å². The summed E-state index contributed by atoms with van der Waals surface area (Å²) in [5.74, 6) is 0. The summed E-state index contributed by atoms with van der Waals surface area (Å²) in [5, 5.41) is 3.20. The third kappa shape index (κ3) is 1.41. The van der Waals surface area contributed by atoms with Gasteiger partial charge in [-0.1, -0.05) is 11.6 Å². The van der Waals surface area contributed by atoms with E-state index < -0.39 is 0 Å². The van der Waals surface area contributed by atoms with E-state index in [-0.39, 0.29) is 0 Å².